The minimum absolute atomic E-state index is 0.0713. The summed E-state index contributed by atoms with van der Waals surface area (Å²) in [5.41, 5.74) is 1.26. The van der Waals surface area contributed by atoms with Crippen LogP contribution in [0.2, 0.25) is 0 Å². The Balaban J connectivity index is 1.39. The summed E-state index contributed by atoms with van der Waals surface area (Å²) < 4.78 is 15.7. The summed E-state index contributed by atoms with van der Waals surface area (Å²) in [6.07, 6.45) is 4.23. The zero-order chi connectivity index (χ0) is 22.5. The van der Waals surface area contributed by atoms with Crippen LogP contribution in [0.1, 0.15) is 36.0 Å². The molecule has 3 aromatic rings. The molecule has 0 unspecified atom stereocenters. The van der Waals surface area contributed by atoms with Crippen molar-refractivity contribution in [1.29, 1.82) is 0 Å². The number of thioether (sulfide) groups is 1. The molecular weight excluding hydrogens is 429 g/mol. The molecule has 0 aliphatic heterocycles. The Morgan fingerprint density at radius 2 is 1.81 bits per heavy atom. The molecule has 0 radical (unpaired) electrons. The third-order valence-corrected chi connectivity index (χ3v) is 6.44. The van der Waals surface area contributed by atoms with Crippen LogP contribution in [0.5, 0.6) is 0 Å². The first-order valence-electron chi connectivity index (χ1n) is 10.5. The molecule has 7 nitrogen and oxygen atoms in total. The second-order valence-corrected chi connectivity index (χ2v) is 8.62. The number of rotatable bonds is 7. The lowest BCUT2D eigenvalue weighted by atomic mass is 10.1. The first-order valence-corrected chi connectivity index (χ1v) is 11.5. The summed E-state index contributed by atoms with van der Waals surface area (Å²) in [7, 11) is 1.73. The predicted octanol–water partition coefficient (Wildman–Crippen LogP) is 4.02. The second-order valence-electron chi connectivity index (χ2n) is 7.68. The van der Waals surface area contributed by atoms with Gasteiger partial charge in [0.05, 0.1) is 22.6 Å². The van der Waals surface area contributed by atoms with Gasteiger partial charge in [0.25, 0.3) is 5.91 Å². The maximum Gasteiger partial charge on any atom is 0.253 e. The number of hydrogen-bond donors (Lipinski definition) is 2. The quantitative estimate of drug-likeness (QED) is 0.528. The summed E-state index contributed by atoms with van der Waals surface area (Å²) in [5, 5.41) is 14.5. The molecule has 1 aliphatic carbocycles. The molecule has 1 saturated carbocycles. The molecular formula is C23H24FN5O2S. The van der Waals surface area contributed by atoms with Crippen molar-refractivity contribution < 1.29 is 14.0 Å². The summed E-state index contributed by atoms with van der Waals surface area (Å²) in [6, 6.07) is 13.5. The fraction of sp³-hybridized carbons (Fsp3) is 0.304. The zero-order valence-corrected chi connectivity index (χ0v) is 18.5. The summed E-state index contributed by atoms with van der Waals surface area (Å²) in [6.45, 7) is 0. The molecule has 32 heavy (non-hydrogen) atoms. The van der Waals surface area contributed by atoms with E-state index in [4.69, 9.17) is 0 Å². The average Bonchev–Trinajstić information content (AvgIpc) is 3.43. The van der Waals surface area contributed by atoms with Crippen LogP contribution in [0.15, 0.2) is 53.7 Å². The molecule has 2 amide bonds. The number of hydrogen-bond acceptors (Lipinski definition) is 5. The van der Waals surface area contributed by atoms with Crippen LogP contribution in [-0.2, 0) is 11.8 Å². The fourth-order valence-corrected chi connectivity index (χ4v) is 4.47. The smallest absolute Gasteiger partial charge is 0.253 e. The number of nitrogens with zero attached hydrogens (tertiary/aromatic N) is 3. The lowest BCUT2D eigenvalue weighted by Gasteiger charge is -2.15. The maximum atomic E-state index is 14.1. The molecule has 166 valence electrons. The highest BCUT2D eigenvalue weighted by molar-refractivity contribution is 7.99. The van der Waals surface area contributed by atoms with Crippen molar-refractivity contribution in [3.05, 3.63) is 59.9 Å². The fourth-order valence-electron chi connectivity index (χ4n) is 3.76. The molecule has 1 aliphatic rings. The number of nitrogens with one attached hydrogen (secondary N) is 2. The molecule has 9 heteroatoms. The van der Waals surface area contributed by atoms with Gasteiger partial charge in [-0.3, -0.25) is 9.59 Å². The van der Waals surface area contributed by atoms with Gasteiger partial charge in [0.2, 0.25) is 5.91 Å². The predicted molar refractivity (Wildman–Crippen MR) is 122 cm³/mol. The van der Waals surface area contributed by atoms with Gasteiger partial charge in [-0.1, -0.05) is 48.9 Å². The number of anilines is 1. The molecule has 4 rings (SSSR count). The van der Waals surface area contributed by atoms with E-state index in [2.05, 4.69) is 20.8 Å². The van der Waals surface area contributed by atoms with Crippen molar-refractivity contribution >= 4 is 29.3 Å². The second kappa shape index (κ2) is 9.95. The van der Waals surface area contributed by atoms with Crippen molar-refractivity contribution in [3.8, 4) is 11.4 Å². The Kier molecular flexibility index (Phi) is 6.84. The van der Waals surface area contributed by atoms with Gasteiger partial charge in [0, 0.05) is 13.1 Å². The first-order chi connectivity index (χ1) is 15.5. The van der Waals surface area contributed by atoms with Crippen molar-refractivity contribution in [2.75, 3.05) is 11.1 Å². The van der Waals surface area contributed by atoms with E-state index in [9.17, 15) is 14.0 Å². The Labute approximate surface area is 189 Å². The van der Waals surface area contributed by atoms with Crippen molar-refractivity contribution in [1.82, 2.24) is 20.1 Å². The number of carbonyl (C=O) groups is 2. The number of carbonyl (C=O) groups excluding carboxylic acids is 2. The summed E-state index contributed by atoms with van der Waals surface area (Å²) in [5.74, 6) is -0.374. The Morgan fingerprint density at radius 1 is 1.09 bits per heavy atom. The topological polar surface area (TPSA) is 88.9 Å². The molecule has 2 aromatic carbocycles. The van der Waals surface area contributed by atoms with Crippen molar-refractivity contribution in [2.45, 2.75) is 36.9 Å². The molecule has 1 fully saturated rings. The van der Waals surface area contributed by atoms with E-state index >= 15 is 0 Å². The van der Waals surface area contributed by atoms with E-state index < -0.39 is 0 Å². The van der Waals surface area contributed by atoms with E-state index in [1.807, 2.05) is 0 Å². The standard InChI is InChI=1S/C23H24FN5O2S/c1-29-21(16-10-4-6-12-18(16)24)27-28-23(29)32-14-20(30)26-19-13-7-5-11-17(19)22(31)25-15-8-2-3-9-15/h4-7,10-13,15H,2-3,8-9,14H2,1H3,(H,25,31)(H,26,30). The lowest BCUT2D eigenvalue weighted by molar-refractivity contribution is -0.113. The Hall–Kier alpha value is -3.20. The van der Waals surface area contributed by atoms with Crippen LogP contribution in [-0.4, -0.2) is 38.4 Å². The Bertz CT molecular complexity index is 1130. The molecule has 0 saturated heterocycles. The van der Waals surface area contributed by atoms with Crippen LogP contribution >= 0.6 is 11.8 Å². The molecule has 1 heterocycles. The maximum absolute atomic E-state index is 14.1. The SMILES string of the molecule is Cn1c(SCC(=O)Nc2ccccc2C(=O)NC2CCCC2)nnc1-c1ccccc1F. The van der Waals surface area contributed by atoms with Gasteiger partial charge in [-0.15, -0.1) is 10.2 Å². The average molecular weight is 454 g/mol. The minimum Gasteiger partial charge on any atom is -0.349 e. The van der Waals surface area contributed by atoms with Gasteiger partial charge in [-0.05, 0) is 37.1 Å². The number of benzene rings is 2. The summed E-state index contributed by atoms with van der Waals surface area (Å²) in [4.78, 5) is 25.2. The van der Waals surface area contributed by atoms with Crippen LogP contribution in [0.25, 0.3) is 11.4 Å². The lowest BCUT2D eigenvalue weighted by Crippen LogP contribution is -2.33. The third-order valence-electron chi connectivity index (χ3n) is 5.42. The van der Waals surface area contributed by atoms with E-state index in [0.29, 0.717) is 27.8 Å². The van der Waals surface area contributed by atoms with Crippen molar-refractivity contribution in [2.24, 2.45) is 7.05 Å². The van der Waals surface area contributed by atoms with E-state index in [1.54, 1.807) is 54.1 Å². The number of amides is 2. The molecule has 0 spiro atoms. The van der Waals surface area contributed by atoms with E-state index in [-0.39, 0.29) is 29.4 Å². The van der Waals surface area contributed by atoms with Crippen molar-refractivity contribution in [3.63, 3.8) is 0 Å². The molecule has 0 atom stereocenters. The molecule has 0 bridgehead atoms. The van der Waals surface area contributed by atoms with Gasteiger partial charge in [0.1, 0.15) is 5.82 Å². The van der Waals surface area contributed by atoms with Gasteiger partial charge in [-0.2, -0.15) is 0 Å². The minimum atomic E-state index is -0.384. The van der Waals surface area contributed by atoms with Crippen LogP contribution in [0, 0.1) is 5.82 Å². The number of halogens is 1. The number of para-hydroxylation sites is 1. The monoisotopic (exact) mass is 453 g/mol. The zero-order valence-electron chi connectivity index (χ0n) is 17.7. The van der Waals surface area contributed by atoms with Crippen LogP contribution in [0.4, 0.5) is 10.1 Å². The summed E-state index contributed by atoms with van der Waals surface area (Å²) >= 11 is 1.19. The van der Waals surface area contributed by atoms with Gasteiger partial charge in [0.15, 0.2) is 11.0 Å². The van der Waals surface area contributed by atoms with E-state index in [0.717, 1.165) is 25.7 Å². The normalized spacial score (nSPS) is 13.8. The largest absolute Gasteiger partial charge is 0.349 e. The first kappa shape index (κ1) is 22.0. The van der Waals surface area contributed by atoms with Gasteiger partial charge in [-0.25, -0.2) is 4.39 Å². The van der Waals surface area contributed by atoms with Crippen LogP contribution < -0.4 is 10.6 Å². The highest BCUT2D eigenvalue weighted by atomic mass is 32.2. The highest BCUT2D eigenvalue weighted by Crippen LogP contribution is 2.25. The Morgan fingerprint density at radius 3 is 2.59 bits per heavy atom. The molecule has 2 N–H and O–H groups in total. The third kappa shape index (κ3) is 4.99. The van der Waals surface area contributed by atoms with E-state index in [1.165, 1.54) is 17.8 Å². The number of aromatic nitrogens is 3. The van der Waals surface area contributed by atoms with Gasteiger partial charge < -0.3 is 15.2 Å². The molecule has 1 aromatic heterocycles. The van der Waals surface area contributed by atoms with Gasteiger partial charge >= 0.3 is 0 Å². The van der Waals surface area contributed by atoms with Crippen LogP contribution in [0.3, 0.4) is 0 Å². The highest BCUT2D eigenvalue weighted by Gasteiger charge is 2.20.